The van der Waals surface area contributed by atoms with Crippen LogP contribution in [0.2, 0.25) is 6.04 Å². The van der Waals surface area contributed by atoms with Crippen molar-refractivity contribution in [1.82, 2.24) is 10.3 Å². The first-order valence-corrected chi connectivity index (χ1v) is 13.4. The van der Waals surface area contributed by atoms with Gasteiger partial charge in [0.1, 0.15) is 17.2 Å². The second-order valence-electron chi connectivity index (χ2n) is 7.12. The smallest absolute Gasteiger partial charge is 0.153 e. The molecule has 3 rings (SSSR count). The highest BCUT2D eigenvalue weighted by Crippen LogP contribution is 2.37. The van der Waals surface area contributed by atoms with Gasteiger partial charge in [-0.2, -0.15) is 10.5 Å². The van der Waals surface area contributed by atoms with Crippen molar-refractivity contribution < 1.29 is 4.74 Å². The molecule has 0 aliphatic carbocycles. The largest absolute Gasteiger partial charge is 0.393 e. The summed E-state index contributed by atoms with van der Waals surface area (Å²) in [6.07, 6.45) is 5.03. The molecule has 0 radical (unpaired) electrons. The van der Waals surface area contributed by atoms with Crippen LogP contribution in [0.25, 0.3) is 16.7 Å². The fourth-order valence-corrected chi connectivity index (χ4v) is 6.49. The first-order valence-electron chi connectivity index (χ1n) is 10.4. The zero-order valence-corrected chi connectivity index (χ0v) is 20.8. The Hall–Kier alpha value is -3.50. The molecule has 9 heteroatoms. The van der Waals surface area contributed by atoms with Crippen LogP contribution in [-0.4, -0.2) is 52.7 Å². The van der Waals surface area contributed by atoms with Crippen molar-refractivity contribution in [2.24, 2.45) is 4.99 Å². The van der Waals surface area contributed by atoms with Crippen LogP contribution in [0.15, 0.2) is 58.2 Å². The Kier molecular flexibility index (Phi) is 8.73. The number of benzene rings is 1. The van der Waals surface area contributed by atoms with Gasteiger partial charge in [-0.05, 0) is 23.1 Å². The van der Waals surface area contributed by atoms with Crippen LogP contribution in [0.3, 0.4) is 0 Å². The summed E-state index contributed by atoms with van der Waals surface area (Å²) in [6, 6.07) is 15.1. The molecule has 0 saturated heterocycles. The van der Waals surface area contributed by atoms with Gasteiger partial charge in [-0.25, -0.2) is 9.98 Å². The fourth-order valence-electron chi connectivity index (χ4n) is 3.38. The molecule has 0 spiro atoms. The third-order valence-corrected chi connectivity index (χ3v) is 8.25. The van der Waals surface area contributed by atoms with E-state index in [4.69, 9.17) is 15.1 Å². The Bertz CT molecular complexity index is 1210. The topological polar surface area (TPSA) is 118 Å². The number of aromatic nitrogens is 1. The number of amidine groups is 1. The van der Waals surface area contributed by atoms with E-state index in [2.05, 4.69) is 22.4 Å². The Morgan fingerprint density at radius 1 is 1.21 bits per heavy atom. The number of aliphatic imine (C=N–C) groups is 1. The van der Waals surface area contributed by atoms with Gasteiger partial charge in [0.05, 0.1) is 16.8 Å². The van der Waals surface area contributed by atoms with Gasteiger partial charge in [0.2, 0.25) is 0 Å². The van der Waals surface area contributed by atoms with E-state index in [0.29, 0.717) is 38.6 Å². The minimum atomic E-state index is -0.378. The van der Waals surface area contributed by atoms with Crippen LogP contribution in [0.1, 0.15) is 16.8 Å². The van der Waals surface area contributed by atoms with Gasteiger partial charge in [-0.15, -0.1) is 11.8 Å². The summed E-state index contributed by atoms with van der Waals surface area (Å²) in [7, 11) is 3.07. The Morgan fingerprint density at radius 3 is 2.64 bits per heavy atom. The molecular weight excluding hydrogens is 448 g/mol. The second kappa shape index (κ2) is 11.9. The molecule has 1 aliphatic heterocycles. The highest BCUT2D eigenvalue weighted by molar-refractivity contribution is 8.00. The third kappa shape index (κ3) is 5.65. The maximum Gasteiger partial charge on any atom is 0.153 e. The van der Waals surface area contributed by atoms with Gasteiger partial charge in [0.15, 0.2) is 5.84 Å². The highest BCUT2D eigenvalue weighted by atomic mass is 32.2. The molecule has 0 bridgehead atoms. The Balaban J connectivity index is 2.20. The number of methoxy groups -OCH3 is 1. The molecular formula is C24H24N6OSSi. The number of allylic oxidation sites excluding steroid dienone is 1. The number of nitrogens with one attached hydrogen (secondary N) is 2. The standard InChI is InChI=1S/C24H24N6OSSi/c1-28-13-18-10-17(14-29-23(18)27)22-19(11-25)21(16-6-4-3-5-7-16)20(12-26)24(30-22)32-15-33-9-8-31-2/h3-7,10,13-14,27-28H,8-9,15,33H2,1-2H3/b18-13-,27-23?. The van der Waals surface area contributed by atoms with E-state index in [-0.39, 0.29) is 15.4 Å². The molecule has 1 aliphatic rings. The number of rotatable bonds is 9. The number of pyridine rings is 1. The zero-order valence-electron chi connectivity index (χ0n) is 18.6. The van der Waals surface area contributed by atoms with Crippen molar-refractivity contribution in [3.05, 3.63) is 65.0 Å². The van der Waals surface area contributed by atoms with Crippen LogP contribution < -0.4 is 5.32 Å². The Morgan fingerprint density at radius 2 is 1.97 bits per heavy atom. The lowest BCUT2D eigenvalue weighted by Crippen LogP contribution is -2.11. The van der Waals surface area contributed by atoms with Gasteiger partial charge in [0.25, 0.3) is 0 Å². The molecule has 2 N–H and O–H groups in total. The van der Waals surface area contributed by atoms with Crippen LogP contribution in [0.4, 0.5) is 0 Å². The molecule has 166 valence electrons. The SMILES string of the molecule is CN/C=C1/C=C(c2nc(SC[SiH2]CCOC)c(C#N)c(-c3ccccc3)c2C#N)C=NC1=N. The molecule has 0 atom stereocenters. The molecule has 0 fully saturated rings. The zero-order chi connectivity index (χ0) is 23.6. The lowest BCUT2D eigenvalue weighted by Gasteiger charge is -2.17. The van der Waals surface area contributed by atoms with E-state index >= 15 is 0 Å². The molecule has 33 heavy (non-hydrogen) atoms. The summed E-state index contributed by atoms with van der Waals surface area (Å²) in [5, 5.41) is 32.7. The summed E-state index contributed by atoms with van der Waals surface area (Å²) in [4.78, 5) is 8.98. The molecule has 2 aromatic rings. The number of nitrogens with zero attached hydrogens (tertiary/aromatic N) is 4. The Labute approximate surface area is 200 Å². The van der Waals surface area contributed by atoms with Crippen molar-refractivity contribution in [3.63, 3.8) is 0 Å². The van der Waals surface area contributed by atoms with Crippen molar-refractivity contribution in [2.45, 2.75) is 11.1 Å². The lowest BCUT2D eigenvalue weighted by molar-refractivity contribution is 0.215. The quantitative estimate of drug-likeness (QED) is 0.328. The van der Waals surface area contributed by atoms with E-state index in [0.717, 1.165) is 23.6 Å². The summed E-state index contributed by atoms with van der Waals surface area (Å²) in [6.45, 7) is 0.745. The fraction of sp³-hybridized carbons (Fsp3) is 0.208. The van der Waals surface area contributed by atoms with E-state index in [1.807, 2.05) is 30.3 Å². The monoisotopic (exact) mass is 472 g/mol. The minimum absolute atomic E-state index is 0.127. The number of hydrogen-bond acceptors (Lipinski definition) is 7. The molecule has 2 heterocycles. The van der Waals surface area contributed by atoms with Crippen LogP contribution in [0, 0.1) is 28.1 Å². The first kappa shape index (κ1) is 24.1. The average molecular weight is 473 g/mol. The van der Waals surface area contributed by atoms with Gasteiger partial charge >= 0.3 is 0 Å². The minimum Gasteiger partial charge on any atom is -0.393 e. The number of hydrogen-bond donors (Lipinski definition) is 2. The van der Waals surface area contributed by atoms with Crippen LogP contribution in [0.5, 0.6) is 0 Å². The van der Waals surface area contributed by atoms with E-state index in [1.165, 1.54) is 0 Å². The third-order valence-electron chi connectivity index (χ3n) is 4.92. The summed E-state index contributed by atoms with van der Waals surface area (Å²) >= 11 is 1.56. The molecule has 1 aromatic carbocycles. The summed E-state index contributed by atoms with van der Waals surface area (Å²) in [5.74, 6) is 0.127. The number of thioether (sulfide) groups is 1. The van der Waals surface area contributed by atoms with Crippen LogP contribution >= 0.6 is 11.8 Å². The maximum absolute atomic E-state index is 10.1. The molecule has 0 unspecified atom stereocenters. The molecule has 0 saturated carbocycles. The number of dihydropyridines is 1. The van der Waals surface area contributed by atoms with Gasteiger partial charge in [-0.1, -0.05) is 30.3 Å². The highest BCUT2D eigenvalue weighted by Gasteiger charge is 2.24. The van der Waals surface area contributed by atoms with Gasteiger partial charge in [-0.3, -0.25) is 5.41 Å². The van der Waals surface area contributed by atoms with Crippen LogP contribution in [-0.2, 0) is 4.74 Å². The molecule has 1 aromatic heterocycles. The van der Waals surface area contributed by atoms with Gasteiger partial charge in [0, 0.05) is 59.4 Å². The summed E-state index contributed by atoms with van der Waals surface area (Å²) < 4.78 is 5.15. The number of ether oxygens (including phenoxy) is 1. The van der Waals surface area contributed by atoms with Crippen molar-refractivity contribution in [1.29, 1.82) is 15.9 Å². The van der Waals surface area contributed by atoms with E-state index in [9.17, 15) is 10.5 Å². The van der Waals surface area contributed by atoms with Crippen molar-refractivity contribution in [2.75, 3.05) is 26.1 Å². The summed E-state index contributed by atoms with van der Waals surface area (Å²) in [5.41, 5.74) is 3.81. The van der Waals surface area contributed by atoms with Crippen molar-refractivity contribution >= 4 is 38.9 Å². The second-order valence-corrected chi connectivity index (χ2v) is 10.8. The predicted octanol–water partition coefficient (Wildman–Crippen LogP) is 3.32. The van der Waals surface area contributed by atoms with E-state index in [1.54, 1.807) is 44.4 Å². The van der Waals surface area contributed by atoms with E-state index < -0.39 is 0 Å². The lowest BCUT2D eigenvalue weighted by atomic mass is 9.92. The molecule has 0 amide bonds. The predicted molar refractivity (Wildman–Crippen MR) is 136 cm³/mol. The molecule has 7 nitrogen and oxygen atoms in total. The average Bonchev–Trinajstić information content (AvgIpc) is 2.85. The van der Waals surface area contributed by atoms with Crippen molar-refractivity contribution in [3.8, 4) is 23.3 Å². The first-order chi connectivity index (χ1) is 16.1. The normalized spacial score (nSPS) is 14.4. The number of nitriles is 2. The maximum atomic E-state index is 10.1. The van der Waals surface area contributed by atoms with Gasteiger partial charge < -0.3 is 10.1 Å².